The second-order valence-electron chi connectivity index (χ2n) is 8.51. The average Bonchev–Trinajstić information content (AvgIpc) is 2.99. The molecule has 6 nitrogen and oxygen atoms in total. The van der Waals surface area contributed by atoms with Gasteiger partial charge in [0.05, 0.1) is 26.4 Å². The van der Waals surface area contributed by atoms with Crippen LogP contribution in [0.3, 0.4) is 0 Å². The van der Waals surface area contributed by atoms with Gasteiger partial charge in [0.25, 0.3) is 0 Å². The van der Waals surface area contributed by atoms with Crippen LogP contribution < -0.4 is 69.3 Å². The second-order valence-corrected chi connectivity index (χ2v) is 8.51. The van der Waals surface area contributed by atoms with Crippen LogP contribution in [0.15, 0.2) is 109 Å². The van der Waals surface area contributed by atoms with Gasteiger partial charge in [-0.1, -0.05) is 120 Å². The van der Waals surface area contributed by atoms with Gasteiger partial charge in [-0.15, -0.1) is 11.5 Å². The summed E-state index contributed by atoms with van der Waals surface area (Å²) in [5.74, 6) is 0.243. The van der Waals surface area contributed by atoms with Crippen LogP contribution in [-0.4, -0.2) is 54.9 Å². The zero-order valence-electron chi connectivity index (χ0n) is 26.1. The van der Waals surface area contributed by atoms with Gasteiger partial charge in [0, 0.05) is 28.4 Å². The number of hydrogen-bond donors (Lipinski definition) is 0. The summed E-state index contributed by atoms with van der Waals surface area (Å²) < 4.78 is 18.6. The summed E-state index contributed by atoms with van der Waals surface area (Å²) in [4.78, 5) is 0. The molecular formula is C34H42Na2O6. The van der Waals surface area contributed by atoms with E-state index in [1.165, 1.54) is 11.1 Å². The SMILES string of the molecule is COCCOC.COCCOC.[Na+].[Na+].[O-]c1ccccc1Cc1ccccc1.[O-]c1ccccc1Cc1ccccc1. The van der Waals surface area contributed by atoms with Crippen molar-refractivity contribution in [1.29, 1.82) is 0 Å². The van der Waals surface area contributed by atoms with Gasteiger partial charge >= 0.3 is 59.1 Å². The summed E-state index contributed by atoms with van der Waals surface area (Å²) in [6, 6.07) is 34.4. The molecule has 0 N–H and O–H groups in total. The number of ether oxygens (including phenoxy) is 4. The van der Waals surface area contributed by atoms with Gasteiger partial charge in [-0.2, -0.15) is 0 Å². The summed E-state index contributed by atoms with van der Waals surface area (Å²) in [6.07, 6.45) is 1.45. The Morgan fingerprint density at radius 3 is 0.929 bits per heavy atom. The van der Waals surface area contributed by atoms with Crippen molar-refractivity contribution in [1.82, 2.24) is 0 Å². The molecule has 42 heavy (non-hydrogen) atoms. The minimum absolute atomic E-state index is 0. The topological polar surface area (TPSA) is 83.0 Å². The average molecular weight is 593 g/mol. The summed E-state index contributed by atoms with van der Waals surface area (Å²) in [5.41, 5.74) is 4.07. The minimum Gasteiger partial charge on any atom is -0.872 e. The molecule has 0 spiro atoms. The molecule has 8 heteroatoms. The zero-order valence-corrected chi connectivity index (χ0v) is 30.1. The molecule has 216 valence electrons. The molecule has 0 aromatic heterocycles. The number of rotatable bonds is 10. The molecule has 0 amide bonds. The van der Waals surface area contributed by atoms with Crippen molar-refractivity contribution in [3.8, 4) is 11.5 Å². The normalized spacial score (nSPS) is 9.24. The van der Waals surface area contributed by atoms with E-state index in [0.717, 1.165) is 24.0 Å². The second kappa shape index (κ2) is 29.4. The standard InChI is InChI=1S/2C13H12O.2C4H10O2.2Na/c2*14-13-9-5-4-8-12(13)10-11-6-2-1-3-7-11;2*1-5-3-4-6-2;;/h2*1-9,14H,10H2;2*3-4H2,1-2H3;;/q;;;;2*+1/p-2. The van der Waals surface area contributed by atoms with E-state index in [1.54, 1.807) is 52.7 Å². The smallest absolute Gasteiger partial charge is 0.872 e. The molecule has 0 bridgehead atoms. The van der Waals surface area contributed by atoms with Crippen LogP contribution in [-0.2, 0) is 31.8 Å². The Kier molecular flexibility index (Phi) is 29.7. The van der Waals surface area contributed by atoms with Crippen LogP contribution in [0.4, 0.5) is 0 Å². The van der Waals surface area contributed by atoms with E-state index in [9.17, 15) is 10.2 Å². The van der Waals surface area contributed by atoms with Gasteiger partial charge in [-0.05, 0) is 24.0 Å². The molecule has 0 atom stereocenters. The number of para-hydroxylation sites is 2. The maximum absolute atomic E-state index is 11.4. The Morgan fingerprint density at radius 1 is 0.405 bits per heavy atom. The zero-order chi connectivity index (χ0) is 29.3. The molecule has 0 aliphatic carbocycles. The molecule has 4 aromatic rings. The number of benzene rings is 4. The quantitative estimate of drug-likeness (QED) is 0.179. The minimum atomic E-state index is 0. The number of hydrogen-bond acceptors (Lipinski definition) is 6. The maximum Gasteiger partial charge on any atom is 1.00 e. The molecule has 4 rings (SSSR count). The van der Waals surface area contributed by atoms with E-state index in [1.807, 2.05) is 84.9 Å². The largest absolute Gasteiger partial charge is 1.00 e. The summed E-state index contributed by atoms with van der Waals surface area (Å²) in [6.45, 7) is 2.76. The Labute approximate surface area is 296 Å². The van der Waals surface area contributed by atoms with Crippen LogP contribution in [0, 0.1) is 0 Å². The summed E-state index contributed by atoms with van der Waals surface area (Å²) >= 11 is 0. The molecule has 0 unspecified atom stereocenters. The fourth-order valence-corrected chi connectivity index (χ4v) is 3.26. The van der Waals surface area contributed by atoms with Gasteiger partial charge < -0.3 is 29.2 Å². The fourth-order valence-electron chi connectivity index (χ4n) is 3.26. The Morgan fingerprint density at radius 2 is 0.667 bits per heavy atom. The van der Waals surface area contributed by atoms with Crippen molar-refractivity contribution >= 4 is 0 Å². The molecule has 0 saturated heterocycles. The molecule has 0 aliphatic heterocycles. The van der Waals surface area contributed by atoms with Crippen molar-refractivity contribution in [2.24, 2.45) is 0 Å². The molecule has 0 radical (unpaired) electrons. The van der Waals surface area contributed by atoms with E-state index in [4.69, 9.17) is 0 Å². The summed E-state index contributed by atoms with van der Waals surface area (Å²) in [7, 11) is 6.61. The van der Waals surface area contributed by atoms with Crippen molar-refractivity contribution in [2.45, 2.75) is 12.8 Å². The Balaban J connectivity index is 0. The fraction of sp³-hybridized carbons (Fsp3) is 0.294. The van der Waals surface area contributed by atoms with Crippen molar-refractivity contribution in [3.05, 3.63) is 131 Å². The first-order valence-corrected chi connectivity index (χ1v) is 13.1. The first kappa shape index (κ1) is 42.5. The third kappa shape index (κ3) is 21.1. The molecular weight excluding hydrogens is 550 g/mol. The Hall–Kier alpha value is -1.68. The first-order chi connectivity index (χ1) is 19.5. The van der Waals surface area contributed by atoms with Crippen LogP contribution in [0.5, 0.6) is 11.5 Å². The molecule has 4 aromatic carbocycles. The summed E-state index contributed by atoms with van der Waals surface area (Å²) in [5, 5.41) is 22.8. The van der Waals surface area contributed by atoms with E-state index in [0.29, 0.717) is 26.4 Å². The first-order valence-electron chi connectivity index (χ1n) is 13.1. The molecule has 0 heterocycles. The predicted octanol–water partition coefficient (Wildman–Crippen LogP) is -0.732. The van der Waals surface area contributed by atoms with E-state index in [-0.39, 0.29) is 70.6 Å². The van der Waals surface area contributed by atoms with Crippen molar-refractivity contribution < 1.29 is 88.3 Å². The van der Waals surface area contributed by atoms with Crippen molar-refractivity contribution in [2.75, 3.05) is 54.9 Å². The van der Waals surface area contributed by atoms with E-state index in [2.05, 4.69) is 18.9 Å². The van der Waals surface area contributed by atoms with Gasteiger partial charge in [0.1, 0.15) is 0 Å². The van der Waals surface area contributed by atoms with E-state index >= 15 is 0 Å². The van der Waals surface area contributed by atoms with Crippen LogP contribution in [0.25, 0.3) is 0 Å². The third-order valence-electron chi connectivity index (χ3n) is 5.40. The van der Waals surface area contributed by atoms with Gasteiger partial charge in [0.2, 0.25) is 0 Å². The monoisotopic (exact) mass is 592 g/mol. The van der Waals surface area contributed by atoms with E-state index < -0.39 is 0 Å². The van der Waals surface area contributed by atoms with Gasteiger partial charge in [-0.25, -0.2) is 0 Å². The number of methoxy groups -OCH3 is 4. The Bertz CT molecular complexity index is 1030. The third-order valence-corrected chi connectivity index (χ3v) is 5.40. The predicted molar refractivity (Wildman–Crippen MR) is 158 cm³/mol. The molecule has 0 fully saturated rings. The van der Waals surface area contributed by atoms with Gasteiger partial charge in [0.15, 0.2) is 0 Å². The molecule has 0 aliphatic rings. The van der Waals surface area contributed by atoms with Crippen molar-refractivity contribution in [3.63, 3.8) is 0 Å². The molecule has 0 saturated carbocycles. The van der Waals surface area contributed by atoms with Crippen LogP contribution >= 0.6 is 0 Å². The maximum atomic E-state index is 11.4. The van der Waals surface area contributed by atoms with Crippen LogP contribution in [0.1, 0.15) is 22.3 Å². The van der Waals surface area contributed by atoms with Gasteiger partial charge in [-0.3, -0.25) is 0 Å². The van der Waals surface area contributed by atoms with Crippen LogP contribution in [0.2, 0.25) is 0 Å².